The van der Waals surface area contributed by atoms with Gasteiger partial charge in [-0.1, -0.05) is 13.3 Å². The first-order valence-electron chi connectivity index (χ1n) is 6.25. The largest absolute Gasteiger partial charge is 0.497 e. The molecule has 0 radical (unpaired) electrons. The second kappa shape index (κ2) is 8.13. The lowest BCUT2D eigenvalue weighted by molar-refractivity contribution is -0.121. The van der Waals surface area contributed by atoms with E-state index >= 15 is 0 Å². The van der Waals surface area contributed by atoms with Crippen LogP contribution in [0.1, 0.15) is 31.7 Å². The van der Waals surface area contributed by atoms with Gasteiger partial charge in [-0.05, 0) is 18.6 Å². The van der Waals surface area contributed by atoms with Crippen LogP contribution in [-0.4, -0.2) is 26.3 Å². The van der Waals surface area contributed by atoms with E-state index in [4.69, 9.17) is 9.47 Å². The first-order chi connectivity index (χ1) is 9.21. The van der Waals surface area contributed by atoms with Gasteiger partial charge in [0.25, 0.3) is 0 Å². The van der Waals surface area contributed by atoms with Crippen molar-refractivity contribution in [2.45, 2.75) is 26.2 Å². The van der Waals surface area contributed by atoms with Crippen LogP contribution in [0.2, 0.25) is 0 Å². The number of benzene rings is 1. The van der Waals surface area contributed by atoms with Gasteiger partial charge >= 0.3 is 0 Å². The van der Waals surface area contributed by atoms with Gasteiger partial charge in [-0.2, -0.15) is 5.10 Å². The molecule has 1 aromatic carbocycles. The highest BCUT2D eigenvalue weighted by Crippen LogP contribution is 2.22. The molecule has 1 aromatic rings. The summed E-state index contributed by atoms with van der Waals surface area (Å²) in [6, 6.07) is 5.39. The summed E-state index contributed by atoms with van der Waals surface area (Å²) in [6.45, 7) is 2.04. The van der Waals surface area contributed by atoms with Gasteiger partial charge in [0.05, 0.1) is 20.4 Å². The standard InChI is InChI=1S/C14H20N2O3/c1-4-5-6-14(17)16-15-10-11-7-8-12(18-2)9-13(11)19-3/h7-10H,4-6H2,1-3H3,(H,16,17)/b15-10+. The van der Waals surface area contributed by atoms with Gasteiger partial charge < -0.3 is 9.47 Å². The second-order valence-corrected chi connectivity index (χ2v) is 4.00. The van der Waals surface area contributed by atoms with Gasteiger partial charge in [0.2, 0.25) is 5.91 Å². The molecule has 5 heteroatoms. The van der Waals surface area contributed by atoms with E-state index in [-0.39, 0.29) is 5.91 Å². The Morgan fingerprint density at radius 2 is 2.16 bits per heavy atom. The minimum Gasteiger partial charge on any atom is -0.497 e. The molecule has 0 heterocycles. The molecular formula is C14H20N2O3. The number of amides is 1. The summed E-state index contributed by atoms with van der Waals surface area (Å²) in [5, 5.41) is 3.91. The molecular weight excluding hydrogens is 244 g/mol. The molecule has 0 saturated carbocycles. The van der Waals surface area contributed by atoms with E-state index in [2.05, 4.69) is 10.5 Å². The normalized spacial score (nSPS) is 10.5. The summed E-state index contributed by atoms with van der Waals surface area (Å²) < 4.78 is 10.3. The summed E-state index contributed by atoms with van der Waals surface area (Å²) >= 11 is 0. The van der Waals surface area contributed by atoms with Crippen LogP contribution in [-0.2, 0) is 4.79 Å². The first-order valence-corrected chi connectivity index (χ1v) is 6.25. The summed E-state index contributed by atoms with van der Waals surface area (Å²) in [6.07, 6.45) is 3.91. The van der Waals surface area contributed by atoms with Crippen molar-refractivity contribution >= 4 is 12.1 Å². The van der Waals surface area contributed by atoms with Crippen LogP contribution in [0.25, 0.3) is 0 Å². The third-order valence-electron chi connectivity index (χ3n) is 2.59. The Hall–Kier alpha value is -2.04. The fourth-order valence-electron chi connectivity index (χ4n) is 1.49. The second-order valence-electron chi connectivity index (χ2n) is 4.00. The Kier molecular flexibility index (Phi) is 6.43. The van der Waals surface area contributed by atoms with Crippen molar-refractivity contribution in [2.75, 3.05) is 14.2 Å². The smallest absolute Gasteiger partial charge is 0.240 e. The van der Waals surface area contributed by atoms with Crippen molar-refractivity contribution in [3.05, 3.63) is 23.8 Å². The zero-order valence-electron chi connectivity index (χ0n) is 11.6. The zero-order chi connectivity index (χ0) is 14.1. The molecule has 0 atom stereocenters. The number of hydrogen-bond donors (Lipinski definition) is 1. The molecule has 1 amide bonds. The topological polar surface area (TPSA) is 59.9 Å². The number of carbonyl (C=O) groups excluding carboxylic acids is 1. The lowest BCUT2D eigenvalue weighted by Gasteiger charge is -2.06. The molecule has 0 aromatic heterocycles. The molecule has 0 spiro atoms. The van der Waals surface area contributed by atoms with Crippen molar-refractivity contribution in [2.24, 2.45) is 5.10 Å². The van der Waals surface area contributed by atoms with Crippen LogP contribution in [0.15, 0.2) is 23.3 Å². The molecule has 0 aliphatic rings. The number of rotatable bonds is 7. The maximum atomic E-state index is 11.4. The summed E-state index contributed by atoms with van der Waals surface area (Å²) in [7, 11) is 3.17. The van der Waals surface area contributed by atoms with Crippen molar-refractivity contribution < 1.29 is 14.3 Å². The third-order valence-corrected chi connectivity index (χ3v) is 2.59. The number of unbranched alkanes of at least 4 members (excludes halogenated alkanes) is 1. The van der Waals surface area contributed by atoms with Gasteiger partial charge in [0, 0.05) is 18.1 Å². The van der Waals surface area contributed by atoms with Crippen LogP contribution >= 0.6 is 0 Å². The van der Waals surface area contributed by atoms with Crippen molar-refractivity contribution in [3.8, 4) is 11.5 Å². The lowest BCUT2D eigenvalue weighted by Crippen LogP contribution is -2.16. The number of methoxy groups -OCH3 is 2. The Labute approximate surface area is 113 Å². The quantitative estimate of drug-likeness (QED) is 0.607. The van der Waals surface area contributed by atoms with Crippen LogP contribution in [0.3, 0.4) is 0 Å². The number of hydrazone groups is 1. The molecule has 0 aliphatic carbocycles. The lowest BCUT2D eigenvalue weighted by atomic mass is 10.2. The number of hydrogen-bond acceptors (Lipinski definition) is 4. The summed E-state index contributed by atoms with van der Waals surface area (Å²) in [4.78, 5) is 11.4. The van der Waals surface area contributed by atoms with E-state index in [1.165, 1.54) is 0 Å². The van der Waals surface area contributed by atoms with Crippen molar-refractivity contribution in [1.82, 2.24) is 5.43 Å². The van der Waals surface area contributed by atoms with Gasteiger partial charge in [0.15, 0.2) is 0 Å². The highest BCUT2D eigenvalue weighted by molar-refractivity contribution is 5.85. The molecule has 5 nitrogen and oxygen atoms in total. The van der Waals surface area contributed by atoms with Crippen LogP contribution < -0.4 is 14.9 Å². The van der Waals surface area contributed by atoms with E-state index in [1.54, 1.807) is 26.5 Å². The van der Waals surface area contributed by atoms with Crippen molar-refractivity contribution in [3.63, 3.8) is 0 Å². The fraction of sp³-hybridized carbons (Fsp3) is 0.429. The molecule has 1 rings (SSSR count). The number of carbonyl (C=O) groups is 1. The Morgan fingerprint density at radius 3 is 2.79 bits per heavy atom. The van der Waals surface area contributed by atoms with E-state index < -0.39 is 0 Å². The predicted molar refractivity (Wildman–Crippen MR) is 74.8 cm³/mol. The Bertz CT molecular complexity index is 444. The average molecular weight is 264 g/mol. The van der Waals surface area contributed by atoms with Gasteiger partial charge in [-0.25, -0.2) is 5.43 Å². The SMILES string of the molecule is CCCCC(=O)N/N=C/c1ccc(OC)cc1OC. The van der Waals surface area contributed by atoms with E-state index in [0.29, 0.717) is 17.9 Å². The predicted octanol–water partition coefficient (Wildman–Crippen LogP) is 2.34. The summed E-state index contributed by atoms with van der Waals surface area (Å²) in [5.74, 6) is 1.28. The number of nitrogens with zero attached hydrogens (tertiary/aromatic N) is 1. The number of nitrogens with one attached hydrogen (secondary N) is 1. The van der Waals surface area contributed by atoms with E-state index in [1.807, 2.05) is 19.1 Å². The van der Waals surface area contributed by atoms with E-state index in [0.717, 1.165) is 18.4 Å². The molecule has 0 aliphatic heterocycles. The monoisotopic (exact) mass is 264 g/mol. The molecule has 104 valence electrons. The Balaban J connectivity index is 2.63. The number of ether oxygens (including phenoxy) is 2. The fourth-order valence-corrected chi connectivity index (χ4v) is 1.49. The molecule has 1 N–H and O–H groups in total. The van der Waals surface area contributed by atoms with Crippen LogP contribution in [0, 0.1) is 0 Å². The van der Waals surface area contributed by atoms with Gasteiger partial charge in [0.1, 0.15) is 11.5 Å². The molecule has 0 fully saturated rings. The molecule has 19 heavy (non-hydrogen) atoms. The van der Waals surface area contributed by atoms with E-state index in [9.17, 15) is 4.79 Å². The maximum absolute atomic E-state index is 11.4. The molecule has 0 bridgehead atoms. The minimum absolute atomic E-state index is 0.0782. The highest BCUT2D eigenvalue weighted by Gasteiger charge is 2.03. The van der Waals surface area contributed by atoms with Crippen LogP contribution in [0.5, 0.6) is 11.5 Å². The third kappa shape index (κ3) is 4.99. The maximum Gasteiger partial charge on any atom is 0.240 e. The van der Waals surface area contributed by atoms with Gasteiger partial charge in [-0.15, -0.1) is 0 Å². The highest BCUT2D eigenvalue weighted by atomic mass is 16.5. The first kappa shape index (κ1) is 15.0. The molecule has 0 unspecified atom stereocenters. The zero-order valence-corrected chi connectivity index (χ0v) is 11.6. The van der Waals surface area contributed by atoms with Crippen molar-refractivity contribution in [1.29, 1.82) is 0 Å². The minimum atomic E-state index is -0.0782. The Morgan fingerprint density at radius 1 is 1.37 bits per heavy atom. The summed E-state index contributed by atoms with van der Waals surface area (Å²) in [5.41, 5.74) is 3.27. The van der Waals surface area contributed by atoms with Crippen LogP contribution in [0.4, 0.5) is 0 Å². The average Bonchev–Trinajstić information content (AvgIpc) is 2.45. The van der Waals surface area contributed by atoms with Gasteiger partial charge in [-0.3, -0.25) is 4.79 Å². The molecule has 0 saturated heterocycles.